The minimum absolute atomic E-state index is 0.0987. The van der Waals surface area contributed by atoms with E-state index in [0.717, 1.165) is 6.07 Å². The molecule has 2 unspecified atom stereocenters. The number of rotatable bonds is 6. The number of nitrogens with zero attached hydrogens (tertiary/aromatic N) is 1. The fraction of sp³-hybridized carbons (Fsp3) is 0.455. The van der Waals surface area contributed by atoms with Gasteiger partial charge in [0.05, 0.1) is 9.82 Å². The van der Waals surface area contributed by atoms with Gasteiger partial charge in [0.2, 0.25) is 15.8 Å². The van der Waals surface area contributed by atoms with Crippen molar-refractivity contribution in [1.29, 1.82) is 0 Å². The average Bonchev–Trinajstić information content (AvgIpc) is 2.29. The molecule has 7 nitrogen and oxygen atoms in total. The molecule has 0 aromatic heterocycles. The number of nitro benzene ring substituents is 1. The first-order valence-electron chi connectivity index (χ1n) is 5.81. The molecule has 0 aliphatic carbocycles. The van der Waals surface area contributed by atoms with Crippen LogP contribution in [0.5, 0.6) is 0 Å². The third-order valence-corrected chi connectivity index (χ3v) is 5.10. The molecule has 1 N–H and O–H groups in total. The fourth-order valence-electron chi connectivity index (χ4n) is 1.73. The second-order valence-electron chi connectivity index (χ2n) is 4.59. The Hall–Kier alpha value is -1.39. The van der Waals surface area contributed by atoms with E-state index in [0.29, 0.717) is 6.07 Å². The number of halogens is 1. The van der Waals surface area contributed by atoms with Gasteiger partial charge in [0.25, 0.3) is 0 Å². The Bertz CT molecular complexity index is 690. The van der Waals surface area contributed by atoms with E-state index in [9.17, 15) is 27.1 Å². The summed E-state index contributed by atoms with van der Waals surface area (Å²) >= 11 is 0. The maximum absolute atomic E-state index is 13.6. The van der Waals surface area contributed by atoms with Crippen LogP contribution in [0.4, 0.5) is 10.1 Å². The first-order valence-corrected chi connectivity index (χ1v) is 9.02. The molecule has 10 heteroatoms. The monoisotopic (exact) mass is 338 g/mol. The molecule has 0 aliphatic heterocycles. The van der Waals surface area contributed by atoms with Gasteiger partial charge in [-0.15, -0.1) is 0 Å². The van der Waals surface area contributed by atoms with Gasteiger partial charge in [0, 0.05) is 34.9 Å². The van der Waals surface area contributed by atoms with Gasteiger partial charge < -0.3 is 0 Å². The first-order chi connectivity index (χ1) is 9.54. The topological polar surface area (TPSA) is 106 Å². The summed E-state index contributed by atoms with van der Waals surface area (Å²) in [5, 5.41) is 10.7. The predicted octanol–water partition coefficient (Wildman–Crippen LogP) is 1.09. The number of aryl methyl sites for hydroxylation is 1. The molecule has 0 radical (unpaired) electrons. The lowest BCUT2D eigenvalue weighted by Crippen LogP contribution is -2.36. The number of sulfonamides is 1. The number of nitrogens with one attached hydrogen (secondary N) is 1. The largest absolute Gasteiger partial charge is 0.306 e. The molecule has 0 fully saturated rings. The SMILES string of the molecule is Cc1cc(S(=O)(=O)NC(C)CS(C)=O)cc([N+](=O)[O-])c1F. The van der Waals surface area contributed by atoms with E-state index in [1.165, 1.54) is 20.1 Å². The highest BCUT2D eigenvalue weighted by molar-refractivity contribution is 7.89. The summed E-state index contributed by atoms with van der Waals surface area (Å²) in [4.78, 5) is 9.35. The first kappa shape index (κ1) is 17.7. The molecule has 0 heterocycles. The third-order valence-electron chi connectivity index (χ3n) is 2.56. The number of nitro groups is 1. The van der Waals surface area contributed by atoms with Gasteiger partial charge >= 0.3 is 5.69 Å². The molecule has 2 atom stereocenters. The summed E-state index contributed by atoms with van der Waals surface area (Å²) in [6, 6.07) is 1.06. The predicted molar refractivity (Wildman–Crippen MR) is 76.5 cm³/mol. The zero-order valence-electron chi connectivity index (χ0n) is 11.6. The van der Waals surface area contributed by atoms with Crippen LogP contribution in [-0.4, -0.2) is 35.6 Å². The van der Waals surface area contributed by atoms with Gasteiger partial charge in [0.1, 0.15) is 0 Å². The maximum atomic E-state index is 13.6. The highest BCUT2D eigenvalue weighted by atomic mass is 32.2. The summed E-state index contributed by atoms with van der Waals surface area (Å²) < 4.78 is 51.1. The van der Waals surface area contributed by atoms with Crippen LogP contribution >= 0.6 is 0 Å². The van der Waals surface area contributed by atoms with E-state index in [-0.39, 0.29) is 11.3 Å². The van der Waals surface area contributed by atoms with Crippen molar-refractivity contribution in [3.8, 4) is 0 Å². The zero-order chi connectivity index (χ0) is 16.4. The number of hydrogen-bond donors (Lipinski definition) is 1. The van der Waals surface area contributed by atoms with Crippen LogP contribution in [-0.2, 0) is 20.8 Å². The van der Waals surface area contributed by atoms with Crippen LogP contribution < -0.4 is 4.72 Å². The van der Waals surface area contributed by atoms with Crippen molar-refractivity contribution in [1.82, 2.24) is 4.72 Å². The molecule has 0 saturated heterocycles. The lowest BCUT2D eigenvalue weighted by molar-refractivity contribution is -0.387. The van der Waals surface area contributed by atoms with Gasteiger partial charge in [-0.3, -0.25) is 14.3 Å². The second kappa shape index (κ2) is 6.58. The van der Waals surface area contributed by atoms with Gasteiger partial charge in [-0.25, -0.2) is 13.1 Å². The van der Waals surface area contributed by atoms with Gasteiger partial charge in [-0.1, -0.05) is 0 Å². The molecule has 0 saturated carbocycles. The van der Waals surface area contributed by atoms with E-state index in [4.69, 9.17) is 0 Å². The minimum Gasteiger partial charge on any atom is -0.260 e. The normalized spacial score (nSPS) is 14.7. The van der Waals surface area contributed by atoms with E-state index in [2.05, 4.69) is 4.72 Å². The summed E-state index contributed by atoms with van der Waals surface area (Å²) in [7, 11) is -5.26. The Morgan fingerprint density at radius 3 is 2.52 bits per heavy atom. The van der Waals surface area contributed by atoms with Crippen molar-refractivity contribution in [3.63, 3.8) is 0 Å². The summed E-state index contributed by atoms with van der Waals surface area (Å²) in [5.74, 6) is -0.969. The van der Waals surface area contributed by atoms with Crippen molar-refractivity contribution in [2.75, 3.05) is 12.0 Å². The van der Waals surface area contributed by atoms with Crippen molar-refractivity contribution < 1.29 is 21.9 Å². The Morgan fingerprint density at radius 1 is 1.48 bits per heavy atom. The molecule has 21 heavy (non-hydrogen) atoms. The molecule has 0 spiro atoms. The molecule has 1 aromatic carbocycles. The van der Waals surface area contributed by atoms with Gasteiger partial charge in [-0.05, 0) is 25.5 Å². The Balaban J connectivity index is 3.20. The lowest BCUT2D eigenvalue weighted by atomic mass is 10.2. The third kappa shape index (κ3) is 4.55. The molecule has 0 amide bonds. The highest BCUT2D eigenvalue weighted by Gasteiger charge is 2.25. The summed E-state index contributed by atoms with van der Waals surface area (Å²) in [6.45, 7) is 2.76. The Kier molecular flexibility index (Phi) is 5.54. The minimum atomic E-state index is -4.06. The number of hydrogen-bond acceptors (Lipinski definition) is 5. The van der Waals surface area contributed by atoms with Crippen LogP contribution in [0.25, 0.3) is 0 Å². The quantitative estimate of drug-likeness (QED) is 0.617. The van der Waals surface area contributed by atoms with E-state index >= 15 is 0 Å². The van der Waals surface area contributed by atoms with Gasteiger partial charge in [0.15, 0.2) is 0 Å². The van der Waals surface area contributed by atoms with Crippen molar-refractivity contribution in [2.24, 2.45) is 0 Å². The molecular formula is C11H15FN2O5S2. The van der Waals surface area contributed by atoms with Crippen molar-refractivity contribution >= 4 is 26.5 Å². The lowest BCUT2D eigenvalue weighted by Gasteiger charge is -2.13. The van der Waals surface area contributed by atoms with Crippen LogP contribution in [0.2, 0.25) is 0 Å². The molecular weight excluding hydrogens is 323 g/mol. The highest BCUT2D eigenvalue weighted by Crippen LogP contribution is 2.25. The van der Waals surface area contributed by atoms with Crippen LogP contribution in [0.15, 0.2) is 17.0 Å². The molecule has 1 aromatic rings. The van der Waals surface area contributed by atoms with Crippen LogP contribution in [0.1, 0.15) is 12.5 Å². The van der Waals surface area contributed by atoms with Crippen LogP contribution in [0, 0.1) is 22.9 Å². The number of benzene rings is 1. The smallest absolute Gasteiger partial charge is 0.260 e. The second-order valence-corrected chi connectivity index (χ2v) is 7.79. The van der Waals surface area contributed by atoms with E-state index in [1.807, 2.05) is 0 Å². The van der Waals surface area contributed by atoms with Crippen LogP contribution in [0.3, 0.4) is 0 Å². The van der Waals surface area contributed by atoms with E-state index < -0.39 is 48.2 Å². The van der Waals surface area contributed by atoms with Crippen molar-refractivity contribution in [3.05, 3.63) is 33.6 Å². The standard InChI is InChI=1S/C11H15FN2O5S2/c1-7-4-9(5-10(11(7)12)14(15)16)21(18,19)13-8(2)6-20(3)17/h4-5,8,13H,6H2,1-3H3. The molecule has 1 rings (SSSR count). The maximum Gasteiger partial charge on any atom is 0.306 e. The van der Waals surface area contributed by atoms with Gasteiger partial charge in [-0.2, -0.15) is 4.39 Å². The summed E-state index contributed by atoms with van der Waals surface area (Å²) in [5.41, 5.74) is -1.04. The fourth-order valence-corrected chi connectivity index (χ4v) is 3.97. The molecule has 0 bridgehead atoms. The average molecular weight is 338 g/mol. The summed E-state index contributed by atoms with van der Waals surface area (Å²) in [6.07, 6.45) is 1.43. The molecule has 0 aliphatic rings. The van der Waals surface area contributed by atoms with Crippen molar-refractivity contribution in [2.45, 2.75) is 24.8 Å². The Morgan fingerprint density at radius 2 is 2.05 bits per heavy atom. The van der Waals surface area contributed by atoms with E-state index in [1.54, 1.807) is 0 Å². The molecule has 118 valence electrons. The Labute approximate surface area is 124 Å². The zero-order valence-corrected chi connectivity index (χ0v) is 13.3.